The molecule has 3 aromatic rings. The molecule has 0 bridgehead atoms. The van der Waals surface area contributed by atoms with Crippen LogP contribution in [0.25, 0.3) is 0 Å². The average Bonchev–Trinajstić information content (AvgIpc) is 2.97. The lowest BCUT2D eigenvalue weighted by molar-refractivity contribution is -0.384. The maximum absolute atomic E-state index is 14.1. The molecule has 0 amide bonds. The highest BCUT2D eigenvalue weighted by molar-refractivity contribution is 14.1. The third kappa shape index (κ3) is 4.48. The van der Waals surface area contributed by atoms with Crippen LogP contribution < -0.4 is 9.47 Å². The van der Waals surface area contributed by atoms with E-state index >= 15 is 0 Å². The molecule has 0 unspecified atom stereocenters. The molecule has 0 N–H and O–H groups in total. The summed E-state index contributed by atoms with van der Waals surface area (Å²) in [7, 11) is 1.60. The Bertz CT molecular complexity index is 995. The van der Waals surface area contributed by atoms with Crippen molar-refractivity contribution in [1.82, 2.24) is 9.78 Å². The Labute approximate surface area is 171 Å². The van der Waals surface area contributed by atoms with E-state index in [9.17, 15) is 14.5 Å². The summed E-state index contributed by atoms with van der Waals surface area (Å²) in [6, 6.07) is 9.30. The minimum absolute atomic E-state index is 0.211. The standard InChI is InChI=1S/C17H12ClFIN3O4/c1-26-11-4-2-10(3-5-11)8-22-9-16(17(20)21-22)27-15-6-12(18)14(23(24)25)7-13(15)19/h2-7,9H,8H2,1H3. The van der Waals surface area contributed by atoms with Gasteiger partial charge in [0.1, 0.15) is 10.8 Å². The second-order valence-electron chi connectivity index (χ2n) is 5.42. The molecule has 0 aliphatic carbocycles. The lowest BCUT2D eigenvalue weighted by atomic mass is 10.2. The summed E-state index contributed by atoms with van der Waals surface area (Å²) in [5.74, 6) is -0.0337. The van der Waals surface area contributed by atoms with Crippen molar-refractivity contribution in [2.45, 2.75) is 6.54 Å². The van der Waals surface area contributed by atoms with Gasteiger partial charge in [-0.05, 0) is 40.3 Å². The smallest absolute Gasteiger partial charge is 0.291 e. The maximum atomic E-state index is 14.1. The molecule has 0 fully saturated rings. The van der Waals surface area contributed by atoms with E-state index in [0.717, 1.165) is 23.4 Å². The summed E-state index contributed by atoms with van der Waals surface area (Å²) in [6.07, 6.45) is 1.61. The van der Waals surface area contributed by atoms with Crippen molar-refractivity contribution in [2.75, 3.05) is 7.11 Å². The third-order valence-corrected chi connectivity index (χ3v) is 4.66. The number of benzene rings is 2. The molecule has 1 aromatic heterocycles. The zero-order valence-electron chi connectivity index (χ0n) is 13.9. The second kappa shape index (κ2) is 8.09. The van der Waals surface area contributed by atoms with Crippen molar-refractivity contribution >= 4 is 39.9 Å². The lowest BCUT2D eigenvalue weighted by Crippen LogP contribution is -2.00. The molecular formula is C17H12ClFIN3O4. The van der Waals surface area contributed by atoms with Gasteiger partial charge >= 0.3 is 0 Å². The molecule has 0 aliphatic rings. The predicted molar refractivity (Wildman–Crippen MR) is 105 cm³/mol. The molecule has 3 rings (SSSR count). The maximum Gasteiger partial charge on any atom is 0.291 e. The average molecular weight is 504 g/mol. The van der Waals surface area contributed by atoms with Crippen molar-refractivity contribution in [2.24, 2.45) is 0 Å². The number of hydrogen-bond acceptors (Lipinski definition) is 5. The highest BCUT2D eigenvalue weighted by atomic mass is 127. The third-order valence-electron chi connectivity index (χ3n) is 3.61. The number of hydrogen-bond donors (Lipinski definition) is 0. The van der Waals surface area contributed by atoms with Gasteiger partial charge < -0.3 is 9.47 Å². The minimum Gasteiger partial charge on any atom is -0.497 e. The molecule has 0 saturated heterocycles. The van der Waals surface area contributed by atoms with E-state index in [-0.39, 0.29) is 10.8 Å². The Balaban J connectivity index is 1.80. The van der Waals surface area contributed by atoms with Gasteiger partial charge in [-0.25, -0.2) is 4.39 Å². The van der Waals surface area contributed by atoms with Crippen molar-refractivity contribution in [3.05, 3.63) is 72.8 Å². The van der Waals surface area contributed by atoms with Gasteiger partial charge in [-0.2, -0.15) is 5.10 Å². The highest BCUT2D eigenvalue weighted by Crippen LogP contribution is 2.35. The first-order chi connectivity index (χ1) is 12.9. The molecule has 140 valence electrons. The number of aromatic nitrogens is 2. The fraction of sp³-hybridized carbons (Fsp3) is 0.118. The fourth-order valence-electron chi connectivity index (χ4n) is 2.30. The largest absolute Gasteiger partial charge is 0.497 e. The first kappa shape index (κ1) is 19.4. The quantitative estimate of drug-likeness (QED) is 0.268. The van der Waals surface area contributed by atoms with Gasteiger partial charge in [0, 0.05) is 6.07 Å². The molecule has 2 aromatic carbocycles. The molecule has 0 radical (unpaired) electrons. The molecular weight excluding hydrogens is 492 g/mol. The number of ether oxygens (including phenoxy) is 2. The van der Waals surface area contributed by atoms with Gasteiger partial charge in [-0.1, -0.05) is 23.7 Å². The van der Waals surface area contributed by atoms with Crippen molar-refractivity contribution in [3.63, 3.8) is 0 Å². The number of nitro benzene ring substituents is 1. The van der Waals surface area contributed by atoms with E-state index in [2.05, 4.69) is 5.10 Å². The molecule has 0 aliphatic heterocycles. The van der Waals surface area contributed by atoms with Gasteiger partial charge in [0.2, 0.25) is 0 Å². The van der Waals surface area contributed by atoms with Crippen LogP contribution >= 0.6 is 34.2 Å². The summed E-state index contributed by atoms with van der Waals surface area (Å²) in [6.45, 7) is 0.479. The zero-order chi connectivity index (χ0) is 19.6. The SMILES string of the molecule is COc1ccc(Cn2cc(Oc3cc(Cl)c([N+](=O)[O-])cc3F)c(I)n2)cc1. The van der Waals surface area contributed by atoms with Crippen LogP contribution in [0.4, 0.5) is 10.1 Å². The number of nitrogens with zero attached hydrogens (tertiary/aromatic N) is 3. The minimum atomic E-state index is -0.884. The van der Waals surface area contributed by atoms with E-state index < -0.39 is 16.4 Å². The lowest BCUT2D eigenvalue weighted by Gasteiger charge is -2.06. The molecule has 0 saturated carbocycles. The van der Waals surface area contributed by atoms with Crippen LogP contribution in [0, 0.1) is 19.6 Å². The molecule has 0 atom stereocenters. The first-order valence-electron chi connectivity index (χ1n) is 7.54. The number of halogens is 3. The van der Waals surface area contributed by atoms with Gasteiger partial charge in [0.15, 0.2) is 21.0 Å². The Morgan fingerprint density at radius 1 is 1.30 bits per heavy atom. The van der Waals surface area contributed by atoms with Crippen LogP contribution in [-0.4, -0.2) is 21.8 Å². The number of methoxy groups -OCH3 is 1. The van der Waals surface area contributed by atoms with E-state index in [1.165, 1.54) is 0 Å². The van der Waals surface area contributed by atoms with Crippen molar-refractivity contribution in [1.29, 1.82) is 0 Å². The first-order valence-corrected chi connectivity index (χ1v) is 9.00. The predicted octanol–water partition coefficient (Wildman–Crippen LogP) is 5.04. The molecule has 0 spiro atoms. The van der Waals surface area contributed by atoms with Crippen molar-refractivity contribution in [3.8, 4) is 17.2 Å². The van der Waals surface area contributed by atoms with Crippen LogP contribution in [-0.2, 0) is 6.54 Å². The summed E-state index contributed by atoms with van der Waals surface area (Å²) < 4.78 is 26.9. The Kier molecular flexibility index (Phi) is 5.80. The van der Waals surface area contributed by atoms with Gasteiger partial charge in [0.25, 0.3) is 5.69 Å². The highest BCUT2D eigenvalue weighted by Gasteiger charge is 2.19. The Morgan fingerprint density at radius 3 is 2.63 bits per heavy atom. The van der Waals surface area contributed by atoms with Crippen LogP contribution in [0.15, 0.2) is 42.6 Å². The van der Waals surface area contributed by atoms with E-state index in [1.54, 1.807) is 18.0 Å². The van der Waals surface area contributed by atoms with Gasteiger partial charge in [0.05, 0.1) is 30.8 Å². The Morgan fingerprint density at radius 2 is 2.00 bits per heavy atom. The monoisotopic (exact) mass is 503 g/mol. The number of nitro groups is 1. The second-order valence-corrected chi connectivity index (χ2v) is 6.85. The molecule has 10 heteroatoms. The van der Waals surface area contributed by atoms with E-state index in [4.69, 9.17) is 21.1 Å². The summed E-state index contributed by atoms with van der Waals surface area (Å²) in [5, 5.41) is 14.9. The molecule has 27 heavy (non-hydrogen) atoms. The fourth-order valence-corrected chi connectivity index (χ4v) is 3.05. The summed E-state index contributed by atoms with van der Waals surface area (Å²) in [5.41, 5.74) is 0.470. The normalized spacial score (nSPS) is 10.7. The summed E-state index contributed by atoms with van der Waals surface area (Å²) >= 11 is 7.78. The van der Waals surface area contributed by atoms with E-state index in [0.29, 0.717) is 16.0 Å². The van der Waals surface area contributed by atoms with Gasteiger partial charge in [-0.15, -0.1) is 0 Å². The van der Waals surface area contributed by atoms with Crippen LogP contribution in [0.3, 0.4) is 0 Å². The Hall–Kier alpha value is -2.40. The topological polar surface area (TPSA) is 79.4 Å². The van der Waals surface area contributed by atoms with Crippen LogP contribution in [0.5, 0.6) is 17.2 Å². The zero-order valence-corrected chi connectivity index (χ0v) is 16.8. The van der Waals surface area contributed by atoms with Gasteiger partial charge in [-0.3, -0.25) is 14.8 Å². The molecule has 7 nitrogen and oxygen atoms in total. The van der Waals surface area contributed by atoms with Crippen molar-refractivity contribution < 1.29 is 18.8 Å². The summed E-state index contributed by atoms with van der Waals surface area (Å²) in [4.78, 5) is 10.0. The number of rotatable bonds is 6. The van der Waals surface area contributed by atoms with Crippen LogP contribution in [0.1, 0.15) is 5.56 Å². The molecule has 1 heterocycles. The van der Waals surface area contributed by atoms with Crippen LogP contribution in [0.2, 0.25) is 5.02 Å². The van der Waals surface area contributed by atoms with E-state index in [1.807, 2.05) is 46.9 Å².